The Morgan fingerprint density at radius 1 is 1.57 bits per heavy atom. The van der Waals surface area contributed by atoms with Crippen LogP contribution in [0.3, 0.4) is 0 Å². The molecule has 0 aromatic carbocycles. The van der Waals surface area contributed by atoms with Gasteiger partial charge in [0.05, 0.1) is 0 Å². The maximum absolute atomic E-state index is 11.5. The molecule has 1 aliphatic heterocycles. The second kappa shape index (κ2) is 4.21. The first-order chi connectivity index (χ1) is 6.56. The van der Waals surface area contributed by atoms with Crippen molar-refractivity contribution in [1.29, 1.82) is 0 Å². The Labute approximate surface area is 82.2 Å². The van der Waals surface area contributed by atoms with Crippen molar-refractivity contribution in [2.75, 3.05) is 6.54 Å². The zero-order valence-electron chi connectivity index (χ0n) is 8.16. The van der Waals surface area contributed by atoms with Gasteiger partial charge in [-0.05, 0) is 6.42 Å². The van der Waals surface area contributed by atoms with Crippen molar-refractivity contribution < 1.29 is 14.4 Å². The minimum Gasteiger partial charge on any atom is -0.370 e. The lowest BCUT2D eigenvalue weighted by molar-refractivity contribution is -0.139. The topological polar surface area (TPSA) is 80.5 Å². The van der Waals surface area contributed by atoms with E-state index in [1.807, 2.05) is 6.92 Å². The van der Waals surface area contributed by atoms with E-state index < -0.39 is 5.91 Å². The molecule has 0 spiro atoms. The van der Waals surface area contributed by atoms with Crippen LogP contribution in [0.25, 0.3) is 0 Å². The molecule has 0 aromatic heterocycles. The summed E-state index contributed by atoms with van der Waals surface area (Å²) in [6.45, 7) is 2.00. The number of hydrogen-bond acceptors (Lipinski definition) is 3. The number of imide groups is 1. The molecule has 5 nitrogen and oxygen atoms in total. The molecule has 0 aromatic rings. The van der Waals surface area contributed by atoms with Crippen molar-refractivity contribution in [2.45, 2.75) is 26.2 Å². The third kappa shape index (κ3) is 2.10. The summed E-state index contributed by atoms with van der Waals surface area (Å²) >= 11 is 0. The molecule has 1 heterocycles. The smallest absolute Gasteiger partial charge is 0.232 e. The van der Waals surface area contributed by atoms with Crippen LogP contribution in [0.15, 0.2) is 0 Å². The number of carbonyl (C=O) groups is 3. The Kier molecular flexibility index (Phi) is 3.22. The standard InChI is InChI=1S/C9H14N2O3/c1-2-6-5-8(13)11(9(6)14)4-3-7(10)12/h6H,2-5H2,1H3,(H2,10,12). The van der Waals surface area contributed by atoms with Crippen LogP contribution in [0.5, 0.6) is 0 Å². The fraction of sp³-hybridized carbons (Fsp3) is 0.667. The largest absolute Gasteiger partial charge is 0.370 e. The number of hydrogen-bond donors (Lipinski definition) is 1. The van der Waals surface area contributed by atoms with Gasteiger partial charge in [0.25, 0.3) is 0 Å². The lowest BCUT2D eigenvalue weighted by atomic mass is 10.1. The monoisotopic (exact) mass is 198 g/mol. The van der Waals surface area contributed by atoms with E-state index in [0.717, 1.165) is 4.90 Å². The van der Waals surface area contributed by atoms with Crippen LogP contribution in [-0.4, -0.2) is 29.2 Å². The zero-order chi connectivity index (χ0) is 10.7. The highest BCUT2D eigenvalue weighted by molar-refractivity contribution is 6.03. The number of rotatable bonds is 4. The van der Waals surface area contributed by atoms with Crippen molar-refractivity contribution in [3.8, 4) is 0 Å². The fourth-order valence-electron chi connectivity index (χ4n) is 1.53. The van der Waals surface area contributed by atoms with Gasteiger partial charge < -0.3 is 5.73 Å². The molecule has 0 bridgehead atoms. The van der Waals surface area contributed by atoms with Crippen LogP contribution in [-0.2, 0) is 14.4 Å². The summed E-state index contributed by atoms with van der Waals surface area (Å²) in [5, 5.41) is 0. The average molecular weight is 198 g/mol. The number of nitrogens with zero attached hydrogens (tertiary/aromatic N) is 1. The van der Waals surface area contributed by atoms with E-state index in [0.29, 0.717) is 6.42 Å². The minimum absolute atomic E-state index is 0.0495. The molecular formula is C9H14N2O3. The number of nitrogens with two attached hydrogens (primary N) is 1. The van der Waals surface area contributed by atoms with Crippen LogP contribution in [0.1, 0.15) is 26.2 Å². The second-order valence-corrected chi connectivity index (χ2v) is 3.41. The van der Waals surface area contributed by atoms with Gasteiger partial charge in [0.1, 0.15) is 0 Å². The van der Waals surface area contributed by atoms with Crippen molar-refractivity contribution in [3.63, 3.8) is 0 Å². The molecule has 2 N–H and O–H groups in total. The van der Waals surface area contributed by atoms with Gasteiger partial charge >= 0.3 is 0 Å². The number of primary amides is 1. The van der Waals surface area contributed by atoms with E-state index in [1.165, 1.54) is 0 Å². The van der Waals surface area contributed by atoms with Gasteiger partial charge in [0.15, 0.2) is 0 Å². The molecule has 1 atom stereocenters. The predicted molar refractivity (Wildman–Crippen MR) is 48.9 cm³/mol. The highest BCUT2D eigenvalue weighted by atomic mass is 16.2. The van der Waals surface area contributed by atoms with Gasteiger partial charge in [0.2, 0.25) is 17.7 Å². The molecule has 78 valence electrons. The maximum atomic E-state index is 11.5. The maximum Gasteiger partial charge on any atom is 0.232 e. The van der Waals surface area contributed by atoms with E-state index >= 15 is 0 Å². The number of amides is 3. The average Bonchev–Trinajstić information content (AvgIpc) is 2.39. The third-order valence-corrected chi connectivity index (χ3v) is 2.41. The molecule has 0 saturated carbocycles. The van der Waals surface area contributed by atoms with Crippen LogP contribution in [0.4, 0.5) is 0 Å². The first-order valence-electron chi connectivity index (χ1n) is 4.68. The first-order valence-corrected chi connectivity index (χ1v) is 4.68. The van der Waals surface area contributed by atoms with Gasteiger partial charge in [-0.15, -0.1) is 0 Å². The summed E-state index contributed by atoms with van der Waals surface area (Å²) in [6.07, 6.45) is 0.986. The van der Waals surface area contributed by atoms with Crippen LogP contribution in [0, 0.1) is 5.92 Å². The summed E-state index contributed by atoms with van der Waals surface area (Å²) in [6, 6.07) is 0. The van der Waals surface area contributed by atoms with Crippen LogP contribution >= 0.6 is 0 Å². The highest BCUT2D eigenvalue weighted by Gasteiger charge is 2.36. The first kappa shape index (κ1) is 10.7. The van der Waals surface area contributed by atoms with Crippen molar-refractivity contribution in [1.82, 2.24) is 4.90 Å². The van der Waals surface area contributed by atoms with Crippen molar-refractivity contribution in [2.24, 2.45) is 11.7 Å². The summed E-state index contributed by atoms with van der Waals surface area (Å²) in [5.41, 5.74) is 4.94. The normalized spacial score (nSPS) is 21.8. The quantitative estimate of drug-likeness (QED) is 0.627. The predicted octanol–water partition coefficient (Wildman–Crippen LogP) is -0.353. The van der Waals surface area contributed by atoms with Crippen LogP contribution < -0.4 is 5.73 Å². The van der Waals surface area contributed by atoms with E-state index in [1.54, 1.807) is 0 Å². The van der Waals surface area contributed by atoms with Crippen molar-refractivity contribution in [3.05, 3.63) is 0 Å². The van der Waals surface area contributed by atoms with Gasteiger partial charge in [-0.2, -0.15) is 0 Å². The number of likely N-dealkylation sites (tertiary alicyclic amines) is 1. The van der Waals surface area contributed by atoms with Gasteiger partial charge in [-0.25, -0.2) is 0 Å². The molecular weight excluding hydrogens is 184 g/mol. The summed E-state index contributed by atoms with van der Waals surface area (Å²) in [7, 11) is 0. The Morgan fingerprint density at radius 3 is 2.64 bits per heavy atom. The lowest BCUT2D eigenvalue weighted by Crippen LogP contribution is -2.33. The lowest BCUT2D eigenvalue weighted by Gasteiger charge is -2.12. The summed E-state index contributed by atoms with van der Waals surface area (Å²) < 4.78 is 0. The molecule has 1 aliphatic rings. The number of carbonyl (C=O) groups excluding carboxylic acids is 3. The molecule has 1 rings (SSSR count). The van der Waals surface area contributed by atoms with E-state index in [2.05, 4.69) is 0 Å². The minimum atomic E-state index is -0.495. The van der Waals surface area contributed by atoms with Gasteiger partial charge in [0, 0.05) is 25.3 Å². The molecule has 1 saturated heterocycles. The van der Waals surface area contributed by atoms with Crippen LogP contribution in [0.2, 0.25) is 0 Å². The molecule has 5 heteroatoms. The van der Waals surface area contributed by atoms with E-state index in [4.69, 9.17) is 5.73 Å². The Morgan fingerprint density at radius 2 is 2.21 bits per heavy atom. The molecule has 0 aliphatic carbocycles. The Bertz CT molecular complexity index is 275. The van der Waals surface area contributed by atoms with E-state index in [-0.39, 0.29) is 37.1 Å². The third-order valence-electron chi connectivity index (χ3n) is 2.41. The van der Waals surface area contributed by atoms with E-state index in [9.17, 15) is 14.4 Å². The Hall–Kier alpha value is -1.39. The molecule has 3 amide bonds. The van der Waals surface area contributed by atoms with Gasteiger partial charge in [-0.1, -0.05) is 6.92 Å². The second-order valence-electron chi connectivity index (χ2n) is 3.41. The summed E-state index contributed by atoms with van der Waals surface area (Å²) in [5.74, 6) is -1.05. The zero-order valence-corrected chi connectivity index (χ0v) is 8.16. The van der Waals surface area contributed by atoms with Crippen molar-refractivity contribution >= 4 is 17.7 Å². The van der Waals surface area contributed by atoms with Gasteiger partial charge in [-0.3, -0.25) is 19.3 Å². The summed E-state index contributed by atoms with van der Waals surface area (Å²) in [4.78, 5) is 34.5. The molecule has 0 radical (unpaired) electrons. The SMILES string of the molecule is CCC1CC(=O)N(CCC(N)=O)C1=O. The Balaban J connectivity index is 2.56. The molecule has 1 unspecified atom stereocenters. The fourth-order valence-corrected chi connectivity index (χ4v) is 1.53. The highest BCUT2D eigenvalue weighted by Crippen LogP contribution is 2.22. The molecule has 14 heavy (non-hydrogen) atoms. The molecule has 1 fully saturated rings.